The number of alkyl halides is 1. The SMILES string of the molecule is Cc1cccc(CC(C)Br)c1. The molecule has 11 heavy (non-hydrogen) atoms. The van der Waals surface area contributed by atoms with Gasteiger partial charge in [0, 0.05) is 4.83 Å². The molecule has 0 nitrogen and oxygen atoms in total. The van der Waals surface area contributed by atoms with Gasteiger partial charge in [-0.05, 0) is 18.9 Å². The van der Waals surface area contributed by atoms with E-state index >= 15 is 0 Å². The largest absolute Gasteiger partial charge is 0.0890 e. The van der Waals surface area contributed by atoms with Crippen LogP contribution >= 0.6 is 15.9 Å². The van der Waals surface area contributed by atoms with E-state index in [1.54, 1.807) is 0 Å². The van der Waals surface area contributed by atoms with Crippen molar-refractivity contribution in [2.24, 2.45) is 0 Å². The first-order valence-electron chi connectivity index (χ1n) is 3.88. The van der Waals surface area contributed by atoms with Crippen molar-refractivity contribution in [3.8, 4) is 0 Å². The van der Waals surface area contributed by atoms with Gasteiger partial charge in [0.15, 0.2) is 0 Å². The minimum absolute atomic E-state index is 0.573. The van der Waals surface area contributed by atoms with Crippen LogP contribution < -0.4 is 0 Å². The normalized spacial score (nSPS) is 13.0. The van der Waals surface area contributed by atoms with E-state index in [-0.39, 0.29) is 0 Å². The molecule has 0 N–H and O–H groups in total. The second-order valence-electron chi connectivity index (χ2n) is 2.97. The van der Waals surface area contributed by atoms with Crippen LogP contribution in [0.2, 0.25) is 0 Å². The maximum atomic E-state index is 3.54. The summed E-state index contributed by atoms with van der Waals surface area (Å²) in [6.45, 7) is 4.30. The van der Waals surface area contributed by atoms with Crippen LogP contribution in [0.5, 0.6) is 0 Å². The molecular formula is C10H13Br. The smallest absolute Gasteiger partial charge is 0.0157 e. The Labute approximate surface area is 76.8 Å². The van der Waals surface area contributed by atoms with Crippen molar-refractivity contribution in [1.82, 2.24) is 0 Å². The van der Waals surface area contributed by atoms with Gasteiger partial charge >= 0.3 is 0 Å². The molecule has 0 spiro atoms. The van der Waals surface area contributed by atoms with E-state index in [0.717, 1.165) is 6.42 Å². The van der Waals surface area contributed by atoms with Gasteiger partial charge in [-0.2, -0.15) is 0 Å². The summed E-state index contributed by atoms with van der Waals surface area (Å²) in [6, 6.07) is 8.64. The number of rotatable bonds is 2. The van der Waals surface area contributed by atoms with Crippen molar-refractivity contribution in [2.45, 2.75) is 25.1 Å². The Morgan fingerprint density at radius 3 is 2.73 bits per heavy atom. The minimum atomic E-state index is 0.573. The molecule has 0 fully saturated rings. The molecule has 0 saturated carbocycles. The Bertz CT molecular complexity index is 228. The molecule has 0 heterocycles. The highest BCUT2D eigenvalue weighted by Gasteiger charge is 1.97. The maximum Gasteiger partial charge on any atom is 0.0157 e. The first-order valence-corrected chi connectivity index (χ1v) is 4.79. The zero-order valence-corrected chi connectivity index (χ0v) is 8.56. The molecule has 1 heteroatoms. The number of hydrogen-bond acceptors (Lipinski definition) is 0. The average Bonchev–Trinajstić information content (AvgIpc) is 1.85. The third-order valence-corrected chi connectivity index (χ3v) is 1.92. The molecule has 0 aromatic heterocycles. The van der Waals surface area contributed by atoms with E-state index in [0.29, 0.717) is 4.83 Å². The van der Waals surface area contributed by atoms with Crippen LogP contribution in [-0.4, -0.2) is 4.83 Å². The third-order valence-electron chi connectivity index (χ3n) is 1.60. The fourth-order valence-electron chi connectivity index (χ4n) is 1.16. The lowest BCUT2D eigenvalue weighted by Gasteiger charge is -2.03. The van der Waals surface area contributed by atoms with E-state index in [9.17, 15) is 0 Å². The standard InChI is InChI=1S/C10H13Br/c1-8-4-3-5-10(6-8)7-9(2)11/h3-6,9H,7H2,1-2H3. The summed E-state index contributed by atoms with van der Waals surface area (Å²) in [7, 11) is 0. The fourth-order valence-corrected chi connectivity index (χ4v) is 1.54. The molecule has 60 valence electrons. The zero-order valence-electron chi connectivity index (χ0n) is 6.97. The first-order chi connectivity index (χ1) is 5.18. The molecule has 1 aromatic carbocycles. The van der Waals surface area contributed by atoms with Crippen LogP contribution in [0.3, 0.4) is 0 Å². The molecule has 0 aliphatic heterocycles. The molecule has 0 amide bonds. The third kappa shape index (κ3) is 3.06. The first kappa shape index (κ1) is 8.79. The monoisotopic (exact) mass is 212 g/mol. The highest BCUT2D eigenvalue weighted by atomic mass is 79.9. The van der Waals surface area contributed by atoms with Crippen molar-refractivity contribution < 1.29 is 0 Å². The molecule has 1 rings (SSSR count). The number of benzene rings is 1. The predicted octanol–water partition coefficient (Wildman–Crippen LogP) is 3.32. The lowest BCUT2D eigenvalue weighted by molar-refractivity contribution is 0.958. The molecular weight excluding hydrogens is 200 g/mol. The van der Waals surface area contributed by atoms with Crippen molar-refractivity contribution in [1.29, 1.82) is 0 Å². The van der Waals surface area contributed by atoms with E-state index in [2.05, 4.69) is 54.0 Å². The Morgan fingerprint density at radius 1 is 1.45 bits per heavy atom. The second kappa shape index (κ2) is 3.91. The van der Waals surface area contributed by atoms with E-state index in [4.69, 9.17) is 0 Å². The molecule has 0 aliphatic carbocycles. The van der Waals surface area contributed by atoms with Gasteiger partial charge in [-0.1, -0.05) is 52.7 Å². The van der Waals surface area contributed by atoms with Gasteiger partial charge in [-0.15, -0.1) is 0 Å². The molecule has 0 saturated heterocycles. The molecule has 1 atom stereocenters. The number of halogens is 1. The maximum absolute atomic E-state index is 3.54. The van der Waals surface area contributed by atoms with Crippen LogP contribution in [0.15, 0.2) is 24.3 Å². The van der Waals surface area contributed by atoms with Crippen LogP contribution in [0.25, 0.3) is 0 Å². The predicted molar refractivity (Wildman–Crippen MR) is 53.3 cm³/mol. The molecule has 0 bridgehead atoms. The summed E-state index contributed by atoms with van der Waals surface area (Å²) in [6.07, 6.45) is 1.11. The van der Waals surface area contributed by atoms with Gasteiger partial charge in [-0.3, -0.25) is 0 Å². The highest BCUT2D eigenvalue weighted by Crippen LogP contribution is 2.10. The van der Waals surface area contributed by atoms with Gasteiger partial charge in [0.1, 0.15) is 0 Å². The van der Waals surface area contributed by atoms with Crippen LogP contribution in [0, 0.1) is 6.92 Å². The Balaban J connectivity index is 2.71. The Hall–Kier alpha value is -0.300. The quantitative estimate of drug-likeness (QED) is 0.661. The van der Waals surface area contributed by atoms with E-state index in [1.807, 2.05) is 0 Å². The molecule has 1 aromatic rings. The highest BCUT2D eigenvalue weighted by molar-refractivity contribution is 9.09. The zero-order chi connectivity index (χ0) is 8.27. The van der Waals surface area contributed by atoms with Crippen LogP contribution in [0.4, 0.5) is 0 Å². The van der Waals surface area contributed by atoms with Crippen molar-refractivity contribution in [3.63, 3.8) is 0 Å². The topological polar surface area (TPSA) is 0 Å². The van der Waals surface area contributed by atoms with Crippen molar-refractivity contribution in [2.75, 3.05) is 0 Å². The fraction of sp³-hybridized carbons (Fsp3) is 0.400. The van der Waals surface area contributed by atoms with Gasteiger partial charge in [-0.25, -0.2) is 0 Å². The van der Waals surface area contributed by atoms with Gasteiger partial charge in [0.2, 0.25) is 0 Å². The van der Waals surface area contributed by atoms with E-state index < -0.39 is 0 Å². The van der Waals surface area contributed by atoms with Crippen LogP contribution in [0.1, 0.15) is 18.1 Å². The summed E-state index contributed by atoms with van der Waals surface area (Å²) in [5.74, 6) is 0. The Kier molecular flexibility index (Phi) is 3.13. The molecule has 0 aliphatic rings. The molecule has 1 unspecified atom stereocenters. The summed E-state index contributed by atoms with van der Waals surface area (Å²) in [5.41, 5.74) is 2.75. The minimum Gasteiger partial charge on any atom is -0.0890 e. The summed E-state index contributed by atoms with van der Waals surface area (Å²) in [5, 5.41) is 0. The molecule has 0 radical (unpaired) electrons. The number of aryl methyl sites for hydroxylation is 1. The van der Waals surface area contributed by atoms with Crippen molar-refractivity contribution in [3.05, 3.63) is 35.4 Å². The second-order valence-corrected chi connectivity index (χ2v) is 4.54. The summed E-state index contributed by atoms with van der Waals surface area (Å²) < 4.78 is 0. The van der Waals surface area contributed by atoms with Crippen LogP contribution in [-0.2, 0) is 6.42 Å². The van der Waals surface area contributed by atoms with E-state index in [1.165, 1.54) is 11.1 Å². The van der Waals surface area contributed by atoms with Crippen molar-refractivity contribution >= 4 is 15.9 Å². The lowest BCUT2D eigenvalue weighted by Crippen LogP contribution is -1.95. The average molecular weight is 213 g/mol. The number of hydrogen-bond donors (Lipinski definition) is 0. The van der Waals surface area contributed by atoms with Gasteiger partial charge in [0.25, 0.3) is 0 Å². The van der Waals surface area contributed by atoms with Gasteiger partial charge < -0.3 is 0 Å². The summed E-state index contributed by atoms with van der Waals surface area (Å²) >= 11 is 3.54. The summed E-state index contributed by atoms with van der Waals surface area (Å²) in [4.78, 5) is 0.573. The van der Waals surface area contributed by atoms with Gasteiger partial charge in [0.05, 0.1) is 0 Å². The Morgan fingerprint density at radius 2 is 2.18 bits per heavy atom. The lowest BCUT2D eigenvalue weighted by atomic mass is 10.1.